The number of aromatic nitrogens is 2. The van der Waals surface area contributed by atoms with Gasteiger partial charge in [0.1, 0.15) is 6.33 Å². The Morgan fingerprint density at radius 3 is 2.95 bits per heavy atom. The van der Waals surface area contributed by atoms with Gasteiger partial charge in [-0.15, -0.1) is 0 Å². The van der Waals surface area contributed by atoms with Gasteiger partial charge in [-0.3, -0.25) is 0 Å². The van der Waals surface area contributed by atoms with E-state index in [1.165, 1.54) is 0 Å². The molecule has 19 heavy (non-hydrogen) atoms. The van der Waals surface area contributed by atoms with Crippen molar-refractivity contribution in [3.8, 4) is 5.75 Å². The van der Waals surface area contributed by atoms with Crippen molar-refractivity contribution in [2.24, 2.45) is 5.92 Å². The predicted octanol–water partition coefficient (Wildman–Crippen LogP) is 1.12. The van der Waals surface area contributed by atoms with Gasteiger partial charge in [0.25, 0.3) is 0 Å². The van der Waals surface area contributed by atoms with Crippen LogP contribution in [0, 0.1) is 5.92 Å². The molecule has 1 aromatic rings. The number of nitrogens with one attached hydrogen (secondary N) is 1. The molecule has 2 atom stereocenters. The Hall–Kier alpha value is -1.56. The van der Waals surface area contributed by atoms with E-state index in [4.69, 9.17) is 4.74 Å². The summed E-state index contributed by atoms with van der Waals surface area (Å²) in [6.45, 7) is 6.32. The van der Waals surface area contributed by atoms with Crippen molar-refractivity contribution in [2.45, 2.75) is 26.4 Å². The van der Waals surface area contributed by atoms with Crippen molar-refractivity contribution >= 4 is 11.6 Å². The van der Waals surface area contributed by atoms with Crippen LogP contribution in [0.15, 0.2) is 6.33 Å². The van der Waals surface area contributed by atoms with Crippen molar-refractivity contribution < 1.29 is 9.84 Å². The first-order valence-corrected chi connectivity index (χ1v) is 6.73. The molecule has 2 unspecified atom stereocenters. The van der Waals surface area contributed by atoms with Crippen molar-refractivity contribution in [3.63, 3.8) is 0 Å². The zero-order valence-electron chi connectivity index (χ0n) is 11.8. The maximum Gasteiger partial charge on any atom is 0.204 e. The fourth-order valence-electron chi connectivity index (χ4n) is 2.44. The van der Waals surface area contributed by atoms with Crippen LogP contribution in [0.5, 0.6) is 5.75 Å². The van der Waals surface area contributed by atoms with Gasteiger partial charge in [-0.05, 0) is 20.3 Å². The minimum absolute atomic E-state index is 0.286. The van der Waals surface area contributed by atoms with Crippen molar-refractivity contribution in [1.29, 1.82) is 0 Å². The summed E-state index contributed by atoms with van der Waals surface area (Å²) in [6, 6.07) is 0. The quantitative estimate of drug-likeness (QED) is 0.832. The van der Waals surface area contributed by atoms with Gasteiger partial charge in [-0.1, -0.05) is 0 Å². The standard InChI is InChI=1S/C13H22N4O2/c1-4-14-12-11(19-3)13(16-8-15-12)17-6-5-10(7-17)9(2)18/h8-10,18H,4-7H2,1-3H3,(H,14,15,16). The zero-order valence-corrected chi connectivity index (χ0v) is 11.8. The molecule has 0 amide bonds. The number of methoxy groups -OCH3 is 1. The van der Waals surface area contributed by atoms with E-state index in [9.17, 15) is 5.11 Å². The second-order valence-electron chi connectivity index (χ2n) is 4.84. The van der Waals surface area contributed by atoms with Crippen LogP contribution in [0.3, 0.4) is 0 Å². The number of aliphatic hydroxyl groups excluding tert-OH is 1. The van der Waals surface area contributed by atoms with Crippen molar-refractivity contribution in [3.05, 3.63) is 6.33 Å². The van der Waals surface area contributed by atoms with Crippen LogP contribution >= 0.6 is 0 Å². The highest BCUT2D eigenvalue weighted by molar-refractivity contribution is 5.65. The first-order valence-electron chi connectivity index (χ1n) is 6.73. The number of ether oxygens (including phenoxy) is 1. The first-order chi connectivity index (χ1) is 9.17. The smallest absolute Gasteiger partial charge is 0.204 e. The average Bonchev–Trinajstić information content (AvgIpc) is 2.88. The molecule has 1 aliphatic rings. The van der Waals surface area contributed by atoms with Gasteiger partial charge in [0.15, 0.2) is 11.6 Å². The summed E-state index contributed by atoms with van der Waals surface area (Å²) < 4.78 is 5.45. The Kier molecular flexibility index (Phi) is 4.42. The van der Waals surface area contributed by atoms with E-state index >= 15 is 0 Å². The topological polar surface area (TPSA) is 70.5 Å². The number of anilines is 2. The summed E-state index contributed by atoms with van der Waals surface area (Å²) in [6.07, 6.45) is 2.23. The molecule has 0 saturated carbocycles. The highest BCUT2D eigenvalue weighted by Gasteiger charge is 2.29. The normalized spacial score (nSPS) is 20.4. The second kappa shape index (κ2) is 6.06. The van der Waals surface area contributed by atoms with Crippen LogP contribution < -0.4 is 15.0 Å². The molecule has 0 spiro atoms. The summed E-state index contributed by atoms with van der Waals surface area (Å²) in [4.78, 5) is 10.7. The predicted molar refractivity (Wildman–Crippen MR) is 74.7 cm³/mol. The minimum Gasteiger partial charge on any atom is -0.490 e. The summed E-state index contributed by atoms with van der Waals surface area (Å²) in [5, 5.41) is 12.9. The van der Waals surface area contributed by atoms with Gasteiger partial charge in [-0.25, -0.2) is 9.97 Å². The van der Waals surface area contributed by atoms with Gasteiger partial charge in [0, 0.05) is 25.6 Å². The lowest BCUT2D eigenvalue weighted by Crippen LogP contribution is -2.25. The molecule has 1 aromatic heterocycles. The molecule has 0 bridgehead atoms. The average molecular weight is 266 g/mol. The monoisotopic (exact) mass is 266 g/mol. The van der Waals surface area contributed by atoms with Crippen LogP contribution in [0.1, 0.15) is 20.3 Å². The van der Waals surface area contributed by atoms with Crippen molar-refractivity contribution in [2.75, 3.05) is 37.0 Å². The van der Waals surface area contributed by atoms with Crippen LogP contribution in [-0.4, -0.2) is 47.9 Å². The number of rotatable bonds is 5. The Morgan fingerprint density at radius 2 is 2.37 bits per heavy atom. The van der Waals surface area contributed by atoms with Gasteiger partial charge in [0.2, 0.25) is 5.75 Å². The fraction of sp³-hybridized carbons (Fsp3) is 0.692. The summed E-state index contributed by atoms with van der Waals surface area (Å²) >= 11 is 0. The molecule has 2 rings (SSSR count). The Bertz CT molecular complexity index is 425. The highest BCUT2D eigenvalue weighted by Crippen LogP contribution is 2.35. The molecular weight excluding hydrogens is 244 g/mol. The third-order valence-corrected chi connectivity index (χ3v) is 3.54. The molecule has 1 saturated heterocycles. The molecule has 6 heteroatoms. The van der Waals surface area contributed by atoms with E-state index in [0.29, 0.717) is 11.7 Å². The summed E-state index contributed by atoms with van der Waals surface area (Å²) in [7, 11) is 1.63. The molecule has 0 radical (unpaired) electrons. The van der Waals surface area contributed by atoms with E-state index in [1.54, 1.807) is 13.4 Å². The molecule has 0 aliphatic carbocycles. The molecule has 106 valence electrons. The number of hydrogen-bond donors (Lipinski definition) is 2. The molecule has 6 nitrogen and oxygen atoms in total. The highest BCUT2D eigenvalue weighted by atomic mass is 16.5. The molecule has 0 aromatic carbocycles. The first kappa shape index (κ1) is 13.9. The Labute approximate surface area is 113 Å². The minimum atomic E-state index is -0.286. The van der Waals surface area contributed by atoms with Crippen molar-refractivity contribution in [1.82, 2.24) is 9.97 Å². The fourth-order valence-corrected chi connectivity index (χ4v) is 2.44. The number of aliphatic hydroxyl groups is 1. The van der Waals surface area contributed by atoms with E-state index in [2.05, 4.69) is 20.2 Å². The number of hydrogen-bond acceptors (Lipinski definition) is 6. The molecule has 2 heterocycles. The molecule has 1 aliphatic heterocycles. The van der Waals surface area contributed by atoms with Gasteiger partial charge >= 0.3 is 0 Å². The van der Waals surface area contributed by atoms with Crippen LogP contribution in [-0.2, 0) is 0 Å². The van der Waals surface area contributed by atoms with Gasteiger partial charge in [-0.2, -0.15) is 0 Å². The van der Waals surface area contributed by atoms with Crippen LogP contribution in [0.4, 0.5) is 11.6 Å². The maximum absolute atomic E-state index is 9.68. The van der Waals surface area contributed by atoms with E-state index in [1.807, 2.05) is 13.8 Å². The molecular formula is C13H22N4O2. The lowest BCUT2D eigenvalue weighted by molar-refractivity contribution is 0.136. The number of nitrogens with zero attached hydrogens (tertiary/aromatic N) is 3. The SMILES string of the molecule is CCNc1ncnc(N2CCC(C(C)O)C2)c1OC. The second-order valence-corrected chi connectivity index (χ2v) is 4.84. The third-order valence-electron chi connectivity index (χ3n) is 3.54. The largest absolute Gasteiger partial charge is 0.490 e. The van der Waals surface area contributed by atoms with E-state index < -0.39 is 0 Å². The molecule has 2 N–H and O–H groups in total. The summed E-state index contributed by atoms with van der Waals surface area (Å²) in [5.41, 5.74) is 0. The van der Waals surface area contributed by atoms with Gasteiger partial charge in [0.05, 0.1) is 13.2 Å². The van der Waals surface area contributed by atoms with E-state index in [0.717, 1.165) is 37.7 Å². The van der Waals surface area contributed by atoms with Crippen LogP contribution in [0.25, 0.3) is 0 Å². The maximum atomic E-state index is 9.68. The van der Waals surface area contributed by atoms with E-state index in [-0.39, 0.29) is 6.10 Å². The third kappa shape index (κ3) is 2.89. The summed E-state index contributed by atoms with van der Waals surface area (Å²) in [5.74, 6) is 2.49. The lowest BCUT2D eigenvalue weighted by Gasteiger charge is -2.21. The Balaban J connectivity index is 2.23. The lowest BCUT2D eigenvalue weighted by atomic mass is 10.0. The zero-order chi connectivity index (χ0) is 13.8. The van der Waals surface area contributed by atoms with Gasteiger partial charge < -0.3 is 20.1 Å². The van der Waals surface area contributed by atoms with Crippen LogP contribution in [0.2, 0.25) is 0 Å². The Morgan fingerprint density at radius 1 is 1.58 bits per heavy atom. The molecule has 1 fully saturated rings.